The van der Waals surface area contributed by atoms with Gasteiger partial charge in [0.1, 0.15) is 0 Å². The number of fused-ring (bicyclic) bond motifs is 1. The average molecular weight is 287 g/mol. The molecule has 0 radical (unpaired) electrons. The van der Waals surface area contributed by atoms with Crippen molar-refractivity contribution in [3.8, 4) is 0 Å². The van der Waals surface area contributed by atoms with Crippen LogP contribution in [0.4, 0.5) is 13.2 Å². The third-order valence-corrected chi connectivity index (χ3v) is 2.12. The highest BCUT2D eigenvalue weighted by Crippen LogP contribution is 2.15. The Morgan fingerprint density at radius 3 is 2.15 bits per heavy atom. The first kappa shape index (κ1) is 15.4. The molecule has 1 aromatic heterocycles. The minimum absolute atomic E-state index is 0.297. The fourth-order valence-electron chi connectivity index (χ4n) is 1.29. The number of carboxylic acid groups (broad SMARTS) is 2. The standard InChI is InChI=1S/C10H7NO2.C2HF3O2/c12-10(13)8-3-1-5-9-7(8)4-2-6-11-9;3-2(4,5)1(6)7/h1-6H,(H,12,13);(H,6,7). The molecule has 106 valence electrons. The molecule has 8 heteroatoms. The minimum Gasteiger partial charge on any atom is -0.478 e. The zero-order valence-electron chi connectivity index (χ0n) is 9.76. The zero-order chi connectivity index (χ0) is 15.3. The van der Waals surface area contributed by atoms with Crippen LogP contribution < -0.4 is 0 Å². The van der Waals surface area contributed by atoms with Crippen LogP contribution in [0, 0.1) is 0 Å². The monoisotopic (exact) mass is 287 g/mol. The maximum Gasteiger partial charge on any atom is 0.490 e. The molecule has 0 amide bonds. The summed E-state index contributed by atoms with van der Waals surface area (Å²) in [4.78, 5) is 23.7. The summed E-state index contributed by atoms with van der Waals surface area (Å²) in [6.45, 7) is 0. The van der Waals surface area contributed by atoms with Crippen LogP contribution in [0.2, 0.25) is 0 Å². The zero-order valence-corrected chi connectivity index (χ0v) is 9.76. The predicted octanol–water partition coefficient (Wildman–Crippen LogP) is 2.57. The second-order valence-corrected chi connectivity index (χ2v) is 3.48. The van der Waals surface area contributed by atoms with Gasteiger partial charge in [-0.3, -0.25) is 4.98 Å². The van der Waals surface area contributed by atoms with E-state index in [9.17, 15) is 18.0 Å². The molecule has 20 heavy (non-hydrogen) atoms. The Kier molecular flexibility index (Phi) is 4.63. The number of rotatable bonds is 1. The van der Waals surface area contributed by atoms with Crippen molar-refractivity contribution in [2.24, 2.45) is 0 Å². The van der Waals surface area contributed by atoms with Crippen LogP contribution in [-0.4, -0.2) is 33.3 Å². The molecule has 2 rings (SSSR count). The van der Waals surface area contributed by atoms with Crippen molar-refractivity contribution in [1.29, 1.82) is 0 Å². The average Bonchev–Trinajstić information content (AvgIpc) is 2.37. The summed E-state index contributed by atoms with van der Waals surface area (Å²) in [5, 5.41) is 16.7. The number of aliphatic carboxylic acids is 1. The molecule has 1 aromatic carbocycles. The number of hydrogen-bond acceptors (Lipinski definition) is 3. The Hall–Kier alpha value is -2.64. The van der Waals surface area contributed by atoms with E-state index in [0.29, 0.717) is 16.5 Å². The van der Waals surface area contributed by atoms with Gasteiger partial charge in [0.05, 0.1) is 11.1 Å². The molecule has 2 N–H and O–H groups in total. The van der Waals surface area contributed by atoms with E-state index in [1.807, 2.05) is 0 Å². The second kappa shape index (κ2) is 6.00. The number of aromatic carboxylic acids is 1. The summed E-state index contributed by atoms with van der Waals surface area (Å²) in [5.41, 5.74) is 1.01. The van der Waals surface area contributed by atoms with Crippen LogP contribution in [0.25, 0.3) is 10.9 Å². The van der Waals surface area contributed by atoms with Crippen molar-refractivity contribution < 1.29 is 33.0 Å². The molecule has 0 aliphatic carbocycles. The van der Waals surface area contributed by atoms with Crippen molar-refractivity contribution in [3.63, 3.8) is 0 Å². The topological polar surface area (TPSA) is 87.5 Å². The quantitative estimate of drug-likeness (QED) is 0.841. The molecule has 0 saturated heterocycles. The van der Waals surface area contributed by atoms with Gasteiger partial charge in [-0.15, -0.1) is 0 Å². The molecule has 0 unspecified atom stereocenters. The van der Waals surface area contributed by atoms with Gasteiger partial charge in [-0.2, -0.15) is 13.2 Å². The molecule has 0 bridgehead atoms. The molecule has 0 aliphatic rings. The van der Waals surface area contributed by atoms with E-state index in [2.05, 4.69) is 4.98 Å². The molecule has 0 aliphatic heterocycles. The Balaban J connectivity index is 0.000000246. The van der Waals surface area contributed by atoms with Crippen LogP contribution in [0.5, 0.6) is 0 Å². The lowest BCUT2D eigenvalue weighted by Crippen LogP contribution is -2.21. The molecule has 5 nitrogen and oxygen atoms in total. The molecule has 0 saturated carbocycles. The van der Waals surface area contributed by atoms with Gasteiger partial charge < -0.3 is 10.2 Å². The van der Waals surface area contributed by atoms with Crippen LogP contribution in [0.15, 0.2) is 36.5 Å². The van der Waals surface area contributed by atoms with Crippen LogP contribution in [0.3, 0.4) is 0 Å². The maximum absolute atomic E-state index is 10.8. The summed E-state index contributed by atoms with van der Waals surface area (Å²) in [7, 11) is 0. The first-order valence-electron chi connectivity index (χ1n) is 5.10. The van der Waals surface area contributed by atoms with Crippen molar-refractivity contribution in [2.45, 2.75) is 6.18 Å². The van der Waals surface area contributed by atoms with Crippen LogP contribution >= 0.6 is 0 Å². The lowest BCUT2D eigenvalue weighted by atomic mass is 10.1. The molecule has 1 heterocycles. The Morgan fingerprint density at radius 1 is 1.05 bits per heavy atom. The number of pyridine rings is 1. The van der Waals surface area contributed by atoms with E-state index in [0.717, 1.165) is 0 Å². The Morgan fingerprint density at radius 2 is 1.65 bits per heavy atom. The van der Waals surface area contributed by atoms with Gasteiger partial charge in [-0.25, -0.2) is 9.59 Å². The highest BCUT2D eigenvalue weighted by Gasteiger charge is 2.38. The van der Waals surface area contributed by atoms with Crippen LogP contribution in [-0.2, 0) is 4.79 Å². The Bertz CT molecular complexity index is 635. The number of halogens is 3. The van der Waals surface area contributed by atoms with Gasteiger partial charge in [0, 0.05) is 11.6 Å². The van der Waals surface area contributed by atoms with Gasteiger partial charge >= 0.3 is 18.1 Å². The molecular weight excluding hydrogens is 279 g/mol. The van der Waals surface area contributed by atoms with Crippen molar-refractivity contribution in [3.05, 3.63) is 42.1 Å². The lowest BCUT2D eigenvalue weighted by Gasteiger charge is -1.99. The van der Waals surface area contributed by atoms with Crippen molar-refractivity contribution in [2.75, 3.05) is 0 Å². The van der Waals surface area contributed by atoms with Gasteiger partial charge in [0.2, 0.25) is 0 Å². The van der Waals surface area contributed by atoms with E-state index in [1.165, 1.54) is 0 Å². The fourth-order valence-corrected chi connectivity index (χ4v) is 1.29. The van der Waals surface area contributed by atoms with E-state index >= 15 is 0 Å². The predicted molar refractivity (Wildman–Crippen MR) is 62.4 cm³/mol. The molecule has 0 atom stereocenters. The minimum atomic E-state index is -5.08. The lowest BCUT2D eigenvalue weighted by molar-refractivity contribution is -0.192. The molecule has 0 spiro atoms. The number of carbonyl (C=O) groups is 2. The van der Waals surface area contributed by atoms with E-state index in [1.54, 1.807) is 36.5 Å². The third-order valence-electron chi connectivity index (χ3n) is 2.12. The first-order chi connectivity index (χ1) is 9.23. The van der Waals surface area contributed by atoms with Gasteiger partial charge in [0.25, 0.3) is 0 Å². The SMILES string of the molecule is O=C(O)C(F)(F)F.O=C(O)c1cccc2ncccc12. The molecular formula is C12H8F3NO4. The summed E-state index contributed by atoms with van der Waals surface area (Å²) in [5.74, 6) is -3.67. The smallest absolute Gasteiger partial charge is 0.478 e. The molecule has 2 aromatic rings. The van der Waals surface area contributed by atoms with E-state index in [-0.39, 0.29) is 0 Å². The number of aromatic nitrogens is 1. The highest BCUT2D eigenvalue weighted by atomic mass is 19.4. The summed E-state index contributed by atoms with van der Waals surface area (Å²) >= 11 is 0. The summed E-state index contributed by atoms with van der Waals surface area (Å²) in [6, 6.07) is 8.55. The number of hydrogen-bond donors (Lipinski definition) is 2. The highest BCUT2D eigenvalue weighted by molar-refractivity contribution is 6.02. The molecule has 0 fully saturated rings. The van der Waals surface area contributed by atoms with E-state index in [4.69, 9.17) is 15.0 Å². The van der Waals surface area contributed by atoms with Crippen molar-refractivity contribution >= 4 is 22.8 Å². The Labute approximate surface area is 110 Å². The number of alkyl halides is 3. The summed E-state index contributed by atoms with van der Waals surface area (Å²) in [6.07, 6.45) is -3.44. The maximum atomic E-state index is 10.8. The van der Waals surface area contributed by atoms with E-state index < -0.39 is 18.1 Å². The third kappa shape index (κ3) is 3.94. The van der Waals surface area contributed by atoms with Gasteiger partial charge in [-0.1, -0.05) is 12.1 Å². The largest absolute Gasteiger partial charge is 0.490 e. The number of carboxylic acids is 2. The number of nitrogens with zero attached hydrogens (tertiary/aromatic N) is 1. The summed E-state index contributed by atoms with van der Waals surface area (Å²) < 4.78 is 31.7. The van der Waals surface area contributed by atoms with Gasteiger partial charge in [-0.05, 0) is 18.2 Å². The first-order valence-corrected chi connectivity index (χ1v) is 5.10. The second-order valence-electron chi connectivity index (χ2n) is 3.48. The van der Waals surface area contributed by atoms with Crippen LogP contribution in [0.1, 0.15) is 10.4 Å². The normalized spacial score (nSPS) is 10.6. The fraction of sp³-hybridized carbons (Fsp3) is 0.0833. The van der Waals surface area contributed by atoms with Crippen molar-refractivity contribution in [1.82, 2.24) is 4.98 Å². The van der Waals surface area contributed by atoms with Gasteiger partial charge in [0.15, 0.2) is 0 Å². The number of benzene rings is 1.